The molecule has 5 heteroatoms. The van der Waals surface area contributed by atoms with Crippen LogP contribution in [0.15, 0.2) is 36.5 Å². The Morgan fingerprint density at radius 2 is 0.541 bits per heavy atom. The van der Waals surface area contributed by atoms with E-state index in [4.69, 9.17) is 9.47 Å². The first kappa shape index (κ1) is 72.1. The molecule has 0 aliphatic carbocycles. The van der Waals surface area contributed by atoms with Crippen LogP contribution in [0.25, 0.3) is 0 Å². The smallest absolute Gasteiger partial charge is 0.306 e. The van der Waals surface area contributed by atoms with Crippen LogP contribution in [-0.2, 0) is 19.1 Å². The van der Waals surface area contributed by atoms with Crippen molar-refractivity contribution in [3.05, 3.63) is 36.5 Å². The summed E-state index contributed by atoms with van der Waals surface area (Å²) in [6.45, 7) is 4.19. The molecule has 0 radical (unpaired) electrons. The van der Waals surface area contributed by atoms with Crippen molar-refractivity contribution in [3.8, 4) is 0 Å². The topological polar surface area (TPSA) is 72.8 Å². The molecule has 0 aromatic carbocycles. The minimum atomic E-state index is -0.768. The van der Waals surface area contributed by atoms with Crippen LogP contribution in [0, 0.1) is 0 Å². The molecule has 436 valence electrons. The third kappa shape index (κ3) is 62.7. The van der Waals surface area contributed by atoms with Crippen LogP contribution < -0.4 is 0 Å². The maximum Gasteiger partial charge on any atom is 0.306 e. The van der Waals surface area contributed by atoms with Crippen LogP contribution in [-0.4, -0.2) is 36.4 Å². The van der Waals surface area contributed by atoms with Gasteiger partial charge in [-0.3, -0.25) is 9.59 Å². The fourth-order valence-corrected chi connectivity index (χ4v) is 10.4. The van der Waals surface area contributed by atoms with E-state index in [1.54, 1.807) is 0 Å². The van der Waals surface area contributed by atoms with Gasteiger partial charge in [0.25, 0.3) is 0 Å². The van der Waals surface area contributed by atoms with Gasteiger partial charge in [-0.2, -0.15) is 0 Å². The van der Waals surface area contributed by atoms with E-state index in [2.05, 4.69) is 50.3 Å². The Balaban J connectivity index is 3.39. The van der Waals surface area contributed by atoms with E-state index in [1.165, 1.54) is 302 Å². The van der Waals surface area contributed by atoms with Gasteiger partial charge in [0.05, 0.1) is 6.61 Å². The van der Waals surface area contributed by atoms with Gasteiger partial charge in [-0.05, 0) is 51.4 Å². The van der Waals surface area contributed by atoms with E-state index in [9.17, 15) is 14.7 Å². The minimum Gasteiger partial charge on any atom is -0.462 e. The molecule has 0 amide bonds. The Labute approximate surface area is 463 Å². The lowest BCUT2D eigenvalue weighted by atomic mass is 10.0. The quantitative estimate of drug-likeness (QED) is 0.0373. The number of aliphatic hydroxyl groups is 1. The molecule has 0 spiro atoms. The molecule has 1 atom stereocenters. The number of unbranched alkanes of at least 4 members (excludes halogenated alkanes) is 49. The summed E-state index contributed by atoms with van der Waals surface area (Å²) in [7, 11) is 0. The number of ether oxygens (including phenoxy) is 2. The van der Waals surface area contributed by atoms with E-state index in [1.807, 2.05) is 0 Å². The number of hydrogen-bond donors (Lipinski definition) is 1. The maximum absolute atomic E-state index is 12.3. The molecule has 1 N–H and O–H groups in total. The van der Waals surface area contributed by atoms with Crippen LogP contribution in [0.1, 0.15) is 373 Å². The predicted molar refractivity (Wildman–Crippen MR) is 325 cm³/mol. The largest absolute Gasteiger partial charge is 0.462 e. The standard InChI is InChI=1S/C69H130O5/c1-3-5-7-9-11-13-15-17-19-21-23-25-27-28-29-30-31-32-33-34-35-36-37-38-39-40-42-44-46-48-50-52-54-56-58-60-62-64-69(72)74-67(65-70)66-73-68(71)63-61-59-57-55-53-51-49-47-45-43-41-26-24-22-20-18-16-14-12-10-8-6-4-2/h15,17,21,23,27-28,67,70H,3-14,16,18-20,22,24-26,29-66H2,1-2H3/b17-15-,23-21-,28-27-. The van der Waals surface area contributed by atoms with E-state index >= 15 is 0 Å². The number of hydrogen-bond acceptors (Lipinski definition) is 5. The molecule has 74 heavy (non-hydrogen) atoms. The lowest BCUT2D eigenvalue weighted by molar-refractivity contribution is -0.161. The summed E-state index contributed by atoms with van der Waals surface area (Å²) in [6, 6.07) is 0. The Hall–Kier alpha value is -1.88. The molecule has 0 heterocycles. The zero-order valence-electron chi connectivity index (χ0n) is 50.1. The van der Waals surface area contributed by atoms with E-state index < -0.39 is 6.10 Å². The fraction of sp³-hybridized carbons (Fsp3) is 0.884. The van der Waals surface area contributed by atoms with Gasteiger partial charge in [0, 0.05) is 12.8 Å². The summed E-state index contributed by atoms with van der Waals surface area (Å²) >= 11 is 0. The van der Waals surface area contributed by atoms with Crippen LogP contribution in [0.5, 0.6) is 0 Å². The fourth-order valence-electron chi connectivity index (χ4n) is 10.4. The molecule has 0 aliphatic heterocycles. The highest BCUT2D eigenvalue weighted by molar-refractivity contribution is 5.70. The molecule has 0 rings (SSSR count). The average Bonchev–Trinajstić information content (AvgIpc) is 3.40. The number of carbonyl (C=O) groups is 2. The summed E-state index contributed by atoms with van der Waals surface area (Å²) in [4.78, 5) is 24.6. The summed E-state index contributed by atoms with van der Waals surface area (Å²) < 4.78 is 10.8. The highest BCUT2D eigenvalue weighted by atomic mass is 16.6. The van der Waals surface area contributed by atoms with E-state index in [0.717, 1.165) is 44.9 Å². The molecular formula is C69H130O5. The number of rotatable bonds is 63. The number of allylic oxidation sites excluding steroid dienone is 6. The summed E-state index contributed by atoms with van der Waals surface area (Å²) in [5.41, 5.74) is 0. The Bertz CT molecular complexity index is 1170. The van der Waals surface area contributed by atoms with Gasteiger partial charge in [0.1, 0.15) is 6.61 Å². The summed E-state index contributed by atoms with van der Waals surface area (Å²) in [6.07, 6.45) is 86.0. The van der Waals surface area contributed by atoms with Gasteiger partial charge in [0.2, 0.25) is 0 Å². The van der Waals surface area contributed by atoms with Gasteiger partial charge >= 0.3 is 11.9 Å². The van der Waals surface area contributed by atoms with Crippen molar-refractivity contribution in [2.45, 2.75) is 380 Å². The van der Waals surface area contributed by atoms with Crippen molar-refractivity contribution in [2.24, 2.45) is 0 Å². The SMILES string of the molecule is CCCCCCC/C=C\C/C=C\C/C=C\CCCCCCCCCCCCCCCCCCCCCCCCC(=O)OC(CO)COC(=O)CCCCCCCCCCCCCCCCCCCCCCCCC. The molecule has 0 bridgehead atoms. The van der Waals surface area contributed by atoms with Gasteiger partial charge < -0.3 is 14.6 Å². The minimum absolute atomic E-state index is 0.0583. The Morgan fingerprint density at radius 3 is 0.811 bits per heavy atom. The normalized spacial score (nSPS) is 12.3. The molecular weight excluding hydrogens is 909 g/mol. The molecule has 0 saturated heterocycles. The van der Waals surface area contributed by atoms with Crippen molar-refractivity contribution in [1.29, 1.82) is 0 Å². The first-order valence-electron chi connectivity index (χ1n) is 33.5. The molecule has 0 fully saturated rings. The summed E-state index contributed by atoms with van der Waals surface area (Å²) in [5, 5.41) is 9.69. The zero-order valence-corrected chi connectivity index (χ0v) is 50.1. The molecule has 0 aromatic heterocycles. The van der Waals surface area contributed by atoms with Gasteiger partial charge in [-0.1, -0.05) is 346 Å². The maximum atomic E-state index is 12.3. The third-order valence-electron chi connectivity index (χ3n) is 15.4. The lowest BCUT2D eigenvalue weighted by Crippen LogP contribution is -2.28. The highest BCUT2D eigenvalue weighted by Crippen LogP contribution is 2.19. The van der Waals surface area contributed by atoms with Crippen LogP contribution in [0.3, 0.4) is 0 Å². The van der Waals surface area contributed by atoms with E-state index in [0.29, 0.717) is 12.8 Å². The monoisotopic (exact) mass is 1040 g/mol. The van der Waals surface area contributed by atoms with Gasteiger partial charge in [-0.15, -0.1) is 0 Å². The molecule has 0 saturated carbocycles. The van der Waals surface area contributed by atoms with Crippen LogP contribution in [0.4, 0.5) is 0 Å². The zero-order chi connectivity index (χ0) is 53.4. The Kier molecular flexibility index (Phi) is 63.7. The van der Waals surface area contributed by atoms with E-state index in [-0.39, 0.29) is 25.2 Å². The molecule has 1 unspecified atom stereocenters. The summed E-state index contributed by atoms with van der Waals surface area (Å²) in [5.74, 6) is -0.565. The second-order valence-corrected chi connectivity index (χ2v) is 22.9. The molecule has 0 aromatic rings. The van der Waals surface area contributed by atoms with Crippen molar-refractivity contribution in [3.63, 3.8) is 0 Å². The first-order chi connectivity index (χ1) is 36.6. The second kappa shape index (κ2) is 65.4. The first-order valence-corrected chi connectivity index (χ1v) is 33.5. The third-order valence-corrected chi connectivity index (χ3v) is 15.4. The van der Waals surface area contributed by atoms with Crippen LogP contribution >= 0.6 is 0 Å². The van der Waals surface area contributed by atoms with Gasteiger partial charge in [-0.25, -0.2) is 0 Å². The average molecular weight is 1040 g/mol. The van der Waals surface area contributed by atoms with Crippen molar-refractivity contribution < 1.29 is 24.2 Å². The van der Waals surface area contributed by atoms with Crippen molar-refractivity contribution >= 4 is 11.9 Å². The van der Waals surface area contributed by atoms with Crippen LogP contribution in [0.2, 0.25) is 0 Å². The number of aliphatic hydroxyl groups excluding tert-OH is 1. The molecule has 5 nitrogen and oxygen atoms in total. The highest BCUT2D eigenvalue weighted by Gasteiger charge is 2.16. The van der Waals surface area contributed by atoms with Crippen molar-refractivity contribution in [2.75, 3.05) is 13.2 Å². The predicted octanol–water partition coefficient (Wildman–Crippen LogP) is 23.0. The lowest BCUT2D eigenvalue weighted by Gasteiger charge is -2.15. The Morgan fingerprint density at radius 1 is 0.311 bits per heavy atom. The number of esters is 2. The molecule has 0 aliphatic rings. The number of carbonyl (C=O) groups excluding carboxylic acids is 2. The van der Waals surface area contributed by atoms with Crippen molar-refractivity contribution in [1.82, 2.24) is 0 Å². The van der Waals surface area contributed by atoms with Gasteiger partial charge in [0.15, 0.2) is 6.10 Å². The second-order valence-electron chi connectivity index (χ2n) is 22.9.